The third-order valence-electron chi connectivity index (χ3n) is 3.34. The average molecular weight is 367 g/mol. The minimum atomic E-state index is -4.70. The topological polar surface area (TPSA) is 160 Å². The van der Waals surface area contributed by atoms with E-state index >= 15 is 0 Å². The molecule has 1 fully saturated rings. The van der Waals surface area contributed by atoms with Crippen molar-refractivity contribution in [2.75, 3.05) is 6.61 Å². The predicted molar refractivity (Wildman–Crippen MR) is 75.7 cm³/mol. The van der Waals surface area contributed by atoms with Crippen LogP contribution in [-0.2, 0) is 13.8 Å². The standard InChI is InChI=1S/C10H12ClN4O7P/c11-5-7(16)4(1-21-23(18,19)20)22-10(5)15-3-14-6-8(15)12-2-13-9(6)17/h2-5,7,10,16H,1H2,(H,12,13,17)(H2,18,19,20)/t4-,5-,7+,10-/m1/s1. The summed E-state index contributed by atoms with van der Waals surface area (Å²) in [4.78, 5) is 39.3. The van der Waals surface area contributed by atoms with Crippen LogP contribution in [0.2, 0.25) is 0 Å². The number of aliphatic hydroxyl groups excluding tert-OH is 1. The van der Waals surface area contributed by atoms with Gasteiger partial charge in [0.25, 0.3) is 5.56 Å². The van der Waals surface area contributed by atoms with Crippen molar-refractivity contribution in [2.24, 2.45) is 0 Å². The molecule has 1 aliphatic rings. The molecule has 2 aromatic heterocycles. The van der Waals surface area contributed by atoms with Gasteiger partial charge in [0.1, 0.15) is 17.6 Å². The number of ether oxygens (including phenoxy) is 1. The van der Waals surface area contributed by atoms with Gasteiger partial charge in [-0.1, -0.05) is 0 Å². The number of phosphoric acid groups is 1. The number of hydrogen-bond acceptors (Lipinski definition) is 7. The Kier molecular flexibility index (Phi) is 4.27. The molecule has 13 heteroatoms. The van der Waals surface area contributed by atoms with Crippen molar-refractivity contribution in [2.45, 2.75) is 23.8 Å². The fraction of sp³-hybridized carbons (Fsp3) is 0.500. The summed E-state index contributed by atoms with van der Waals surface area (Å²) in [7, 11) is -4.70. The molecule has 0 radical (unpaired) electrons. The number of fused-ring (bicyclic) bond motifs is 1. The highest BCUT2D eigenvalue weighted by molar-refractivity contribution is 7.46. The molecule has 0 unspecified atom stereocenters. The van der Waals surface area contributed by atoms with Gasteiger partial charge < -0.3 is 24.6 Å². The zero-order chi connectivity index (χ0) is 16.8. The van der Waals surface area contributed by atoms with Crippen molar-refractivity contribution in [3.8, 4) is 0 Å². The monoisotopic (exact) mass is 366 g/mol. The number of aromatic nitrogens is 4. The van der Waals surface area contributed by atoms with Crippen molar-refractivity contribution in [1.29, 1.82) is 0 Å². The van der Waals surface area contributed by atoms with Gasteiger partial charge in [0.15, 0.2) is 17.4 Å². The number of nitrogens with one attached hydrogen (secondary N) is 1. The highest BCUT2D eigenvalue weighted by Gasteiger charge is 2.45. The molecule has 1 aliphatic heterocycles. The Hall–Kier alpha value is -1.33. The first-order chi connectivity index (χ1) is 10.8. The summed E-state index contributed by atoms with van der Waals surface area (Å²) in [5, 5.41) is 9.08. The molecule has 3 rings (SSSR count). The molecule has 0 spiro atoms. The van der Waals surface area contributed by atoms with Gasteiger partial charge in [-0.25, -0.2) is 14.5 Å². The zero-order valence-electron chi connectivity index (χ0n) is 11.3. The van der Waals surface area contributed by atoms with E-state index in [0.29, 0.717) is 0 Å². The Labute approximate surface area is 133 Å². The SMILES string of the molecule is O=c1[nH]cnc2c1ncn2[C@@H]1O[C@H](COP(=O)(O)O)[C@H](O)[C@H]1Cl. The first-order valence-electron chi connectivity index (χ1n) is 6.36. The van der Waals surface area contributed by atoms with Crippen molar-refractivity contribution in [3.63, 3.8) is 0 Å². The van der Waals surface area contributed by atoms with Crippen LogP contribution in [-0.4, -0.2) is 58.6 Å². The number of aliphatic hydroxyl groups is 1. The van der Waals surface area contributed by atoms with E-state index < -0.39 is 43.8 Å². The van der Waals surface area contributed by atoms with E-state index in [1.54, 1.807) is 0 Å². The van der Waals surface area contributed by atoms with Gasteiger partial charge in [-0.05, 0) is 0 Å². The molecule has 4 N–H and O–H groups in total. The van der Waals surface area contributed by atoms with Crippen molar-refractivity contribution >= 4 is 30.6 Å². The number of halogens is 1. The number of hydrogen-bond donors (Lipinski definition) is 4. The maximum absolute atomic E-state index is 11.6. The lowest BCUT2D eigenvalue weighted by Gasteiger charge is -2.16. The molecule has 0 aromatic carbocycles. The van der Waals surface area contributed by atoms with E-state index in [1.807, 2.05) is 0 Å². The molecule has 4 atom stereocenters. The number of phosphoric ester groups is 1. The fourth-order valence-corrected chi connectivity index (χ4v) is 2.97. The molecular formula is C10H12ClN4O7P. The molecule has 0 bridgehead atoms. The minimum Gasteiger partial charge on any atom is -0.389 e. The maximum Gasteiger partial charge on any atom is 0.469 e. The van der Waals surface area contributed by atoms with Crippen LogP contribution in [0.15, 0.2) is 17.4 Å². The van der Waals surface area contributed by atoms with Crippen LogP contribution in [0.5, 0.6) is 0 Å². The van der Waals surface area contributed by atoms with E-state index in [0.717, 1.165) is 0 Å². The van der Waals surface area contributed by atoms with Crippen LogP contribution >= 0.6 is 19.4 Å². The molecule has 1 saturated heterocycles. The number of imidazole rings is 1. The molecule has 23 heavy (non-hydrogen) atoms. The van der Waals surface area contributed by atoms with E-state index in [9.17, 15) is 14.5 Å². The summed E-state index contributed by atoms with van der Waals surface area (Å²) < 4.78 is 21.9. The average Bonchev–Trinajstić information content (AvgIpc) is 3.01. The predicted octanol–water partition coefficient (Wildman–Crippen LogP) is -0.905. The second-order valence-electron chi connectivity index (χ2n) is 4.84. The summed E-state index contributed by atoms with van der Waals surface area (Å²) >= 11 is 6.12. The quantitative estimate of drug-likeness (QED) is 0.397. The second kappa shape index (κ2) is 5.95. The Morgan fingerprint density at radius 2 is 2.22 bits per heavy atom. The van der Waals surface area contributed by atoms with Gasteiger partial charge in [-0.2, -0.15) is 0 Å². The second-order valence-corrected chi connectivity index (χ2v) is 6.59. The Morgan fingerprint density at radius 3 is 2.91 bits per heavy atom. The first kappa shape index (κ1) is 16.5. The van der Waals surface area contributed by atoms with E-state index in [4.69, 9.17) is 26.1 Å². The van der Waals surface area contributed by atoms with Crippen LogP contribution in [0.25, 0.3) is 11.2 Å². The lowest BCUT2D eigenvalue weighted by molar-refractivity contribution is -0.0423. The molecule has 0 aliphatic carbocycles. The maximum atomic E-state index is 11.6. The number of alkyl halides is 1. The van der Waals surface area contributed by atoms with Gasteiger partial charge in [0, 0.05) is 0 Å². The van der Waals surface area contributed by atoms with Gasteiger partial charge in [0.05, 0.1) is 19.3 Å². The highest BCUT2D eigenvalue weighted by Crippen LogP contribution is 2.39. The number of rotatable bonds is 4. The number of H-pyrrole nitrogens is 1. The minimum absolute atomic E-state index is 0.0735. The third kappa shape index (κ3) is 3.17. The first-order valence-corrected chi connectivity index (χ1v) is 8.32. The summed E-state index contributed by atoms with van der Waals surface area (Å²) in [6.45, 7) is -0.550. The van der Waals surface area contributed by atoms with Crippen LogP contribution in [0.4, 0.5) is 0 Å². The number of aromatic amines is 1. The molecule has 0 saturated carbocycles. The van der Waals surface area contributed by atoms with Crippen LogP contribution in [0, 0.1) is 0 Å². The van der Waals surface area contributed by atoms with Gasteiger partial charge >= 0.3 is 7.82 Å². The van der Waals surface area contributed by atoms with Gasteiger partial charge in [0.2, 0.25) is 0 Å². The lowest BCUT2D eigenvalue weighted by Crippen LogP contribution is -2.30. The van der Waals surface area contributed by atoms with Crippen LogP contribution in [0.3, 0.4) is 0 Å². The van der Waals surface area contributed by atoms with Crippen molar-refractivity contribution < 1.29 is 28.7 Å². The number of nitrogens with zero attached hydrogens (tertiary/aromatic N) is 3. The Balaban J connectivity index is 1.87. The van der Waals surface area contributed by atoms with Gasteiger partial charge in [-0.3, -0.25) is 13.9 Å². The lowest BCUT2D eigenvalue weighted by atomic mass is 10.2. The molecular weight excluding hydrogens is 355 g/mol. The largest absolute Gasteiger partial charge is 0.469 e. The zero-order valence-corrected chi connectivity index (χ0v) is 13.0. The third-order valence-corrected chi connectivity index (χ3v) is 4.30. The summed E-state index contributed by atoms with van der Waals surface area (Å²) in [6, 6.07) is 0. The van der Waals surface area contributed by atoms with E-state index in [1.165, 1.54) is 17.2 Å². The van der Waals surface area contributed by atoms with E-state index in [2.05, 4.69) is 19.5 Å². The van der Waals surface area contributed by atoms with Gasteiger partial charge in [-0.15, -0.1) is 11.6 Å². The summed E-state index contributed by atoms with van der Waals surface area (Å²) in [5.41, 5.74) is -0.169. The molecule has 0 amide bonds. The van der Waals surface area contributed by atoms with Crippen molar-refractivity contribution in [1.82, 2.24) is 19.5 Å². The molecule has 126 valence electrons. The normalized spacial score (nSPS) is 28.5. The Bertz CT molecular complexity index is 819. The molecule has 11 nitrogen and oxygen atoms in total. The summed E-state index contributed by atoms with van der Waals surface area (Å²) in [5.74, 6) is 0. The fourth-order valence-electron chi connectivity index (χ4n) is 2.29. The molecule has 3 heterocycles. The molecule has 2 aromatic rings. The smallest absolute Gasteiger partial charge is 0.389 e. The Morgan fingerprint density at radius 1 is 1.48 bits per heavy atom. The van der Waals surface area contributed by atoms with E-state index in [-0.39, 0.29) is 11.2 Å². The van der Waals surface area contributed by atoms with Crippen molar-refractivity contribution in [3.05, 3.63) is 23.0 Å². The van der Waals surface area contributed by atoms with Crippen LogP contribution in [0.1, 0.15) is 6.23 Å². The van der Waals surface area contributed by atoms with Crippen LogP contribution < -0.4 is 5.56 Å². The summed E-state index contributed by atoms with van der Waals surface area (Å²) in [6.07, 6.45) is -0.767. The highest BCUT2D eigenvalue weighted by atomic mass is 35.5.